The maximum absolute atomic E-state index is 12.9. The van der Waals surface area contributed by atoms with E-state index in [0.29, 0.717) is 20.0 Å². The van der Waals surface area contributed by atoms with Gasteiger partial charge in [-0.3, -0.25) is 14.2 Å². The standard InChI is InChI=1S/C17H20N2O6S4/c1-10(29(22,23)24)5-6-18-12-9-11(25-2)3-4-13(12)27-16(18)14-15(21)19(7-8-20)17(26)28-14/h3-4,9-10,20H,5-8H2,1-2H3,(H,22,23,24). The third kappa shape index (κ3) is 4.57. The first-order chi connectivity index (χ1) is 13.7. The Bertz CT molecular complexity index is 978. The predicted octanol–water partition coefficient (Wildman–Crippen LogP) is 2.30. The van der Waals surface area contributed by atoms with Gasteiger partial charge in [0.15, 0.2) is 0 Å². The van der Waals surface area contributed by atoms with Gasteiger partial charge in [0.25, 0.3) is 16.0 Å². The van der Waals surface area contributed by atoms with E-state index in [2.05, 4.69) is 0 Å². The Morgan fingerprint density at radius 1 is 1.24 bits per heavy atom. The van der Waals surface area contributed by atoms with E-state index >= 15 is 0 Å². The fourth-order valence-corrected chi connectivity index (χ4v) is 5.89. The number of hydrogen-bond donors (Lipinski definition) is 2. The van der Waals surface area contributed by atoms with Crippen LogP contribution in [0.3, 0.4) is 0 Å². The van der Waals surface area contributed by atoms with Crippen molar-refractivity contribution in [3.8, 4) is 5.75 Å². The zero-order valence-electron chi connectivity index (χ0n) is 15.7. The third-order valence-corrected chi connectivity index (χ3v) is 8.55. The molecule has 1 atom stereocenters. The fraction of sp³-hybridized carbons (Fsp3) is 0.412. The lowest BCUT2D eigenvalue weighted by atomic mass is 10.2. The molecule has 1 unspecified atom stereocenters. The molecule has 29 heavy (non-hydrogen) atoms. The van der Waals surface area contributed by atoms with Crippen molar-refractivity contribution >= 4 is 61.8 Å². The summed E-state index contributed by atoms with van der Waals surface area (Å²) in [5.41, 5.74) is 0.791. The number of thioether (sulfide) groups is 2. The second kappa shape index (κ2) is 8.82. The first-order valence-electron chi connectivity index (χ1n) is 8.66. The normalized spacial score (nSPS) is 20.4. The van der Waals surface area contributed by atoms with Crippen molar-refractivity contribution in [3.63, 3.8) is 0 Å². The topological polar surface area (TPSA) is 107 Å². The fourth-order valence-electron chi connectivity index (χ4n) is 2.86. The van der Waals surface area contributed by atoms with Gasteiger partial charge in [-0.2, -0.15) is 8.42 Å². The van der Waals surface area contributed by atoms with Crippen molar-refractivity contribution in [2.24, 2.45) is 0 Å². The SMILES string of the molecule is COc1ccc2c(c1)N(CCC(C)S(=O)(=O)O)C(=C1SC(=S)N(CCO)C1=O)S2. The van der Waals surface area contributed by atoms with Gasteiger partial charge in [-0.1, -0.05) is 35.7 Å². The van der Waals surface area contributed by atoms with Crippen LogP contribution in [-0.4, -0.2) is 65.3 Å². The van der Waals surface area contributed by atoms with Crippen molar-refractivity contribution in [1.29, 1.82) is 0 Å². The molecule has 0 spiro atoms. The van der Waals surface area contributed by atoms with Crippen molar-refractivity contribution in [2.45, 2.75) is 23.5 Å². The second-order valence-electron chi connectivity index (χ2n) is 6.38. The van der Waals surface area contributed by atoms with E-state index in [1.807, 2.05) is 23.1 Å². The maximum Gasteiger partial charge on any atom is 0.268 e. The largest absolute Gasteiger partial charge is 0.497 e. The van der Waals surface area contributed by atoms with Crippen LogP contribution in [0.2, 0.25) is 0 Å². The van der Waals surface area contributed by atoms with Gasteiger partial charge in [-0.25, -0.2) is 0 Å². The van der Waals surface area contributed by atoms with Crippen LogP contribution in [0.1, 0.15) is 13.3 Å². The Balaban J connectivity index is 1.99. The third-order valence-electron chi connectivity index (χ3n) is 4.54. The number of fused-ring (bicyclic) bond motifs is 1. The van der Waals surface area contributed by atoms with Crippen molar-refractivity contribution in [3.05, 3.63) is 28.1 Å². The van der Waals surface area contributed by atoms with Crippen LogP contribution in [0.25, 0.3) is 0 Å². The number of aliphatic hydroxyl groups excluding tert-OH is 1. The number of ether oxygens (including phenoxy) is 1. The van der Waals surface area contributed by atoms with Crippen LogP contribution in [-0.2, 0) is 14.9 Å². The molecule has 1 aromatic rings. The highest BCUT2D eigenvalue weighted by atomic mass is 32.2. The van der Waals surface area contributed by atoms with E-state index in [1.165, 1.54) is 23.6 Å². The minimum Gasteiger partial charge on any atom is -0.497 e. The summed E-state index contributed by atoms with van der Waals surface area (Å²) in [7, 11) is -2.61. The first kappa shape index (κ1) is 22.4. The van der Waals surface area contributed by atoms with Crippen molar-refractivity contribution in [2.75, 3.05) is 31.7 Å². The summed E-state index contributed by atoms with van der Waals surface area (Å²) in [6.45, 7) is 1.63. The number of thiocarbonyl (C=S) groups is 1. The first-order valence-corrected chi connectivity index (χ1v) is 12.2. The zero-order valence-corrected chi connectivity index (χ0v) is 19.0. The van der Waals surface area contributed by atoms with Gasteiger partial charge < -0.3 is 14.7 Å². The zero-order chi connectivity index (χ0) is 21.3. The summed E-state index contributed by atoms with van der Waals surface area (Å²) in [6.07, 6.45) is 0.163. The molecule has 0 aromatic heterocycles. The van der Waals surface area contributed by atoms with E-state index in [1.54, 1.807) is 7.11 Å². The quantitative estimate of drug-likeness (QED) is 0.346. The van der Waals surface area contributed by atoms with Gasteiger partial charge in [0, 0.05) is 17.5 Å². The number of methoxy groups -OCH3 is 1. The molecule has 8 nitrogen and oxygen atoms in total. The van der Waals surface area contributed by atoms with Crippen LogP contribution in [0, 0.1) is 0 Å². The van der Waals surface area contributed by atoms with E-state index in [0.717, 1.165) is 22.3 Å². The van der Waals surface area contributed by atoms with E-state index in [-0.39, 0.29) is 32.0 Å². The molecule has 12 heteroatoms. The maximum atomic E-state index is 12.9. The molecule has 0 aliphatic carbocycles. The molecule has 2 N–H and O–H groups in total. The molecule has 0 saturated carbocycles. The van der Waals surface area contributed by atoms with Crippen LogP contribution in [0.15, 0.2) is 33.0 Å². The number of anilines is 1. The average Bonchev–Trinajstić information content (AvgIpc) is 3.16. The molecule has 0 bridgehead atoms. The highest BCUT2D eigenvalue weighted by molar-refractivity contribution is 8.27. The number of carbonyl (C=O) groups is 1. The number of aliphatic hydroxyl groups is 1. The number of hydrogen-bond acceptors (Lipinski definition) is 9. The Labute approximate surface area is 183 Å². The van der Waals surface area contributed by atoms with Crippen LogP contribution in [0.4, 0.5) is 5.69 Å². The minimum absolute atomic E-state index is 0.118. The number of β-amino-alcohol motifs (C(OH)–C–C–N with tert-alkyl or cyclic N) is 1. The van der Waals surface area contributed by atoms with E-state index in [9.17, 15) is 22.9 Å². The number of rotatable bonds is 7. The van der Waals surface area contributed by atoms with Crippen molar-refractivity contribution in [1.82, 2.24) is 4.90 Å². The highest BCUT2D eigenvalue weighted by Crippen LogP contribution is 2.51. The lowest BCUT2D eigenvalue weighted by Gasteiger charge is -2.23. The Morgan fingerprint density at radius 3 is 2.59 bits per heavy atom. The van der Waals surface area contributed by atoms with Gasteiger partial charge in [0.2, 0.25) is 0 Å². The number of benzene rings is 1. The highest BCUT2D eigenvalue weighted by Gasteiger charge is 2.39. The molecule has 2 heterocycles. The number of amides is 1. The summed E-state index contributed by atoms with van der Waals surface area (Å²) in [5, 5.41) is 8.89. The molecule has 1 amide bonds. The summed E-state index contributed by atoms with van der Waals surface area (Å²) >= 11 is 7.83. The molecule has 1 saturated heterocycles. The smallest absolute Gasteiger partial charge is 0.268 e. The Morgan fingerprint density at radius 2 is 1.97 bits per heavy atom. The summed E-state index contributed by atoms with van der Waals surface area (Å²) in [5.74, 6) is 0.343. The van der Waals surface area contributed by atoms with Gasteiger partial charge in [-0.05, 0) is 25.5 Å². The van der Waals surface area contributed by atoms with E-state index < -0.39 is 15.4 Å². The van der Waals surface area contributed by atoms with Crippen LogP contribution < -0.4 is 9.64 Å². The molecule has 158 valence electrons. The average molecular weight is 477 g/mol. The number of nitrogens with zero attached hydrogens (tertiary/aromatic N) is 2. The van der Waals surface area contributed by atoms with Crippen LogP contribution in [0.5, 0.6) is 5.75 Å². The molecule has 3 rings (SSSR count). The van der Waals surface area contributed by atoms with E-state index in [4.69, 9.17) is 17.0 Å². The molecule has 1 fully saturated rings. The predicted molar refractivity (Wildman–Crippen MR) is 118 cm³/mol. The van der Waals surface area contributed by atoms with Gasteiger partial charge in [-0.15, -0.1) is 0 Å². The molecule has 2 aliphatic heterocycles. The lowest BCUT2D eigenvalue weighted by Crippen LogP contribution is -2.32. The Hall–Kier alpha value is -1.31. The molecule has 2 aliphatic rings. The molecule has 1 aromatic carbocycles. The molecule has 0 radical (unpaired) electrons. The van der Waals surface area contributed by atoms with Crippen molar-refractivity contribution < 1.29 is 27.6 Å². The molecular weight excluding hydrogens is 456 g/mol. The Kier molecular flexibility index (Phi) is 6.81. The minimum atomic E-state index is -4.16. The number of carbonyl (C=O) groups excluding carboxylic acids is 1. The van der Waals surface area contributed by atoms with Gasteiger partial charge in [0.05, 0.1) is 31.2 Å². The summed E-state index contributed by atoms with van der Waals surface area (Å²) in [4.78, 5) is 17.4. The molecular formula is C17H20N2O6S4. The lowest BCUT2D eigenvalue weighted by molar-refractivity contribution is -0.122. The summed E-state index contributed by atoms with van der Waals surface area (Å²) in [6, 6.07) is 5.51. The summed E-state index contributed by atoms with van der Waals surface area (Å²) < 4.78 is 37.8. The van der Waals surface area contributed by atoms with Gasteiger partial charge >= 0.3 is 0 Å². The van der Waals surface area contributed by atoms with Gasteiger partial charge in [0.1, 0.15) is 20.0 Å². The van der Waals surface area contributed by atoms with Crippen LogP contribution >= 0.6 is 35.7 Å². The second-order valence-corrected chi connectivity index (χ2v) is 10.9. The monoisotopic (exact) mass is 476 g/mol.